The normalized spacial score (nSPS) is 9.18. The maximum absolute atomic E-state index is 10.9. The molecule has 0 saturated carbocycles. The van der Waals surface area contributed by atoms with Crippen LogP contribution >= 0.6 is 15.9 Å². The van der Waals surface area contributed by atoms with Crippen molar-refractivity contribution in [1.82, 2.24) is 9.97 Å². The Balaban J connectivity index is 2.69. The summed E-state index contributed by atoms with van der Waals surface area (Å²) in [5, 5.41) is 0. The Kier molecular flexibility index (Phi) is 2.97. The van der Waals surface area contributed by atoms with Crippen LogP contribution < -0.4 is 0 Å². The Labute approximate surface area is 71.7 Å². The lowest BCUT2D eigenvalue weighted by molar-refractivity contribution is 0.0576. The summed E-state index contributed by atoms with van der Waals surface area (Å²) in [6.07, 6.45) is 4.28. The van der Waals surface area contributed by atoms with E-state index in [1.165, 1.54) is 18.6 Å². The second-order valence-electron chi connectivity index (χ2n) is 1.63. The summed E-state index contributed by atoms with van der Waals surface area (Å²) in [4.78, 5) is 18.3. The van der Waals surface area contributed by atoms with Crippen LogP contribution in [0.3, 0.4) is 0 Å². The quantitative estimate of drug-likeness (QED) is 0.547. The molecule has 0 radical (unpaired) electrons. The lowest BCUT2D eigenvalue weighted by Gasteiger charge is -1.96. The van der Waals surface area contributed by atoms with E-state index >= 15 is 0 Å². The number of carbonyl (C=O) groups excluding carboxylic acids is 1. The van der Waals surface area contributed by atoms with E-state index in [0.717, 1.165) is 0 Å². The maximum Gasteiger partial charge on any atom is 0.359 e. The van der Waals surface area contributed by atoms with Gasteiger partial charge in [-0.05, 0) is 15.9 Å². The zero-order chi connectivity index (χ0) is 8.10. The lowest BCUT2D eigenvalue weighted by Crippen LogP contribution is -2.05. The van der Waals surface area contributed by atoms with E-state index in [9.17, 15) is 4.79 Å². The summed E-state index contributed by atoms with van der Waals surface area (Å²) >= 11 is 2.96. The number of rotatable bonds is 2. The summed E-state index contributed by atoms with van der Waals surface area (Å²) < 4.78 is 4.60. The van der Waals surface area contributed by atoms with Gasteiger partial charge in [-0.2, -0.15) is 0 Å². The van der Waals surface area contributed by atoms with Crippen molar-refractivity contribution >= 4 is 21.9 Å². The van der Waals surface area contributed by atoms with Gasteiger partial charge >= 0.3 is 5.97 Å². The van der Waals surface area contributed by atoms with Gasteiger partial charge in [0.1, 0.15) is 5.52 Å². The number of nitrogens with zero attached hydrogens (tertiary/aromatic N) is 2. The standard InChI is InChI=1S/C6H5BrN2O2/c7-4-11-6(10)5-3-8-1-2-9-5/h1-3H,4H2. The molecule has 1 rings (SSSR count). The van der Waals surface area contributed by atoms with Crippen molar-refractivity contribution in [3.8, 4) is 0 Å². The minimum Gasteiger partial charge on any atom is -0.449 e. The van der Waals surface area contributed by atoms with Crippen LogP contribution in [-0.2, 0) is 4.74 Å². The molecule has 5 heteroatoms. The molecular weight excluding hydrogens is 212 g/mol. The third kappa shape index (κ3) is 2.27. The van der Waals surface area contributed by atoms with Crippen LogP contribution in [0.4, 0.5) is 0 Å². The number of ether oxygens (including phenoxy) is 1. The maximum atomic E-state index is 10.9. The van der Waals surface area contributed by atoms with E-state index in [1.807, 2.05) is 0 Å². The summed E-state index contributed by atoms with van der Waals surface area (Å²) in [6.45, 7) is 0. The summed E-state index contributed by atoms with van der Waals surface area (Å²) in [7, 11) is 0. The molecule has 4 nitrogen and oxygen atoms in total. The topological polar surface area (TPSA) is 52.1 Å². The van der Waals surface area contributed by atoms with Gasteiger partial charge in [0.2, 0.25) is 0 Å². The number of halogens is 1. The van der Waals surface area contributed by atoms with Crippen LogP contribution in [0.15, 0.2) is 18.6 Å². The molecule has 0 aliphatic heterocycles. The third-order valence-corrected chi connectivity index (χ3v) is 1.19. The molecular formula is C6H5BrN2O2. The van der Waals surface area contributed by atoms with Gasteiger partial charge in [0, 0.05) is 12.4 Å². The number of esters is 1. The first-order chi connectivity index (χ1) is 5.34. The molecule has 0 fully saturated rings. The molecule has 11 heavy (non-hydrogen) atoms. The van der Waals surface area contributed by atoms with Gasteiger partial charge in [-0.25, -0.2) is 9.78 Å². The molecule has 0 atom stereocenters. The van der Waals surface area contributed by atoms with Crippen LogP contribution in [0.2, 0.25) is 0 Å². The van der Waals surface area contributed by atoms with Crippen LogP contribution in [0.1, 0.15) is 10.5 Å². The Hall–Kier alpha value is -0.970. The van der Waals surface area contributed by atoms with Crippen molar-refractivity contribution < 1.29 is 9.53 Å². The minimum atomic E-state index is -0.477. The molecule has 0 bridgehead atoms. The van der Waals surface area contributed by atoms with Crippen LogP contribution in [0.25, 0.3) is 0 Å². The van der Waals surface area contributed by atoms with Gasteiger partial charge in [-0.1, -0.05) is 0 Å². The highest BCUT2D eigenvalue weighted by molar-refractivity contribution is 9.09. The highest BCUT2D eigenvalue weighted by atomic mass is 79.9. The van der Waals surface area contributed by atoms with Crippen molar-refractivity contribution in [3.63, 3.8) is 0 Å². The molecule has 1 aromatic rings. The monoisotopic (exact) mass is 216 g/mol. The number of hydrogen-bond donors (Lipinski definition) is 0. The van der Waals surface area contributed by atoms with E-state index in [1.54, 1.807) is 0 Å². The zero-order valence-corrected chi connectivity index (χ0v) is 7.11. The summed E-state index contributed by atoms with van der Waals surface area (Å²) in [6, 6.07) is 0. The molecule has 0 aromatic carbocycles. The van der Waals surface area contributed by atoms with Crippen LogP contribution in [-0.4, -0.2) is 21.5 Å². The second-order valence-corrected chi connectivity index (χ2v) is 2.09. The first-order valence-electron chi connectivity index (χ1n) is 2.83. The van der Waals surface area contributed by atoms with Gasteiger partial charge < -0.3 is 4.74 Å². The fraction of sp³-hybridized carbons (Fsp3) is 0.167. The summed E-state index contributed by atoms with van der Waals surface area (Å²) in [5.41, 5.74) is 0.384. The second kappa shape index (κ2) is 4.02. The molecule has 58 valence electrons. The average Bonchev–Trinajstić information content (AvgIpc) is 2.07. The molecule has 0 aliphatic carbocycles. The largest absolute Gasteiger partial charge is 0.449 e. The first kappa shape index (κ1) is 8.13. The zero-order valence-electron chi connectivity index (χ0n) is 5.53. The molecule has 0 spiro atoms. The van der Waals surface area contributed by atoms with Gasteiger partial charge in [0.05, 0.1) is 6.20 Å². The molecule has 1 heterocycles. The van der Waals surface area contributed by atoms with Gasteiger partial charge in [0.25, 0.3) is 0 Å². The molecule has 0 unspecified atom stereocenters. The smallest absolute Gasteiger partial charge is 0.359 e. The molecule has 0 aliphatic rings. The number of carbonyl (C=O) groups is 1. The van der Waals surface area contributed by atoms with E-state index < -0.39 is 5.97 Å². The molecule has 0 N–H and O–H groups in total. The van der Waals surface area contributed by atoms with Crippen molar-refractivity contribution in [1.29, 1.82) is 0 Å². The van der Waals surface area contributed by atoms with Crippen molar-refractivity contribution in [2.24, 2.45) is 0 Å². The van der Waals surface area contributed by atoms with Crippen molar-refractivity contribution in [3.05, 3.63) is 24.3 Å². The highest BCUT2D eigenvalue weighted by Gasteiger charge is 2.05. The van der Waals surface area contributed by atoms with E-state index in [4.69, 9.17) is 0 Å². The third-order valence-electron chi connectivity index (χ3n) is 0.958. The Morgan fingerprint density at radius 2 is 2.45 bits per heavy atom. The molecule has 0 amide bonds. The Bertz CT molecular complexity index is 240. The number of hydrogen-bond acceptors (Lipinski definition) is 4. The predicted octanol–water partition coefficient (Wildman–Crippen LogP) is 0.986. The summed E-state index contributed by atoms with van der Waals surface area (Å²) in [5.74, 6) is -0.477. The van der Waals surface area contributed by atoms with Crippen LogP contribution in [0, 0.1) is 0 Å². The average molecular weight is 217 g/mol. The fourth-order valence-electron chi connectivity index (χ4n) is 0.528. The van der Waals surface area contributed by atoms with Gasteiger partial charge in [0.15, 0.2) is 5.69 Å². The van der Waals surface area contributed by atoms with Crippen molar-refractivity contribution in [2.75, 3.05) is 5.52 Å². The van der Waals surface area contributed by atoms with E-state index in [0.29, 0.717) is 0 Å². The molecule has 1 aromatic heterocycles. The minimum absolute atomic E-state index is 0.169. The number of aromatic nitrogens is 2. The molecule has 0 saturated heterocycles. The van der Waals surface area contributed by atoms with Gasteiger partial charge in [-0.15, -0.1) is 0 Å². The SMILES string of the molecule is O=C(OCBr)c1cnccn1. The van der Waals surface area contributed by atoms with Crippen molar-refractivity contribution in [2.45, 2.75) is 0 Å². The Morgan fingerprint density at radius 1 is 1.64 bits per heavy atom. The Morgan fingerprint density at radius 3 is 3.00 bits per heavy atom. The van der Waals surface area contributed by atoms with E-state index in [-0.39, 0.29) is 11.2 Å². The predicted molar refractivity (Wildman–Crippen MR) is 41.2 cm³/mol. The lowest BCUT2D eigenvalue weighted by atomic mass is 10.5. The highest BCUT2D eigenvalue weighted by Crippen LogP contribution is 1.95. The van der Waals surface area contributed by atoms with Crippen LogP contribution in [0.5, 0.6) is 0 Å². The first-order valence-corrected chi connectivity index (χ1v) is 3.96. The number of alkyl halides is 1. The van der Waals surface area contributed by atoms with Gasteiger partial charge in [-0.3, -0.25) is 4.98 Å². The fourth-order valence-corrected chi connectivity index (χ4v) is 0.736. The van der Waals surface area contributed by atoms with E-state index in [2.05, 4.69) is 30.6 Å².